The van der Waals surface area contributed by atoms with Gasteiger partial charge in [0.05, 0.1) is 6.07 Å². The van der Waals surface area contributed by atoms with E-state index >= 15 is 0 Å². The second-order valence-corrected chi connectivity index (χ2v) is 4.65. The van der Waals surface area contributed by atoms with Gasteiger partial charge in [-0.25, -0.2) is 0 Å². The van der Waals surface area contributed by atoms with E-state index in [1.165, 1.54) is 5.56 Å². The van der Waals surface area contributed by atoms with Crippen LogP contribution in [0, 0.1) is 24.2 Å². The zero-order chi connectivity index (χ0) is 13.5. The summed E-state index contributed by atoms with van der Waals surface area (Å²) in [6.45, 7) is 4.57. The van der Waals surface area contributed by atoms with E-state index in [2.05, 4.69) is 6.07 Å². The van der Waals surface area contributed by atoms with Crippen LogP contribution in [0.2, 0.25) is 0 Å². The first kappa shape index (κ1) is 14.2. The van der Waals surface area contributed by atoms with E-state index in [0.29, 0.717) is 13.0 Å². The van der Waals surface area contributed by atoms with Crippen molar-refractivity contribution < 1.29 is 4.79 Å². The average Bonchev–Trinajstić information content (AvgIpc) is 2.37. The highest BCUT2D eigenvalue weighted by atomic mass is 16.2. The molecule has 0 fully saturated rings. The fraction of sp³-hybridized carbons (Fsp3) is 0.467. The van der Waals surface area contributed by atoms with Crippen LogP contribution >= 0.6 is 0 Å². The Morgan fingerprint density at radius 1 is 1.39 bits per heavy atom. The van der Waals surface area contributed by atoms with E-state index in [4.69, 9.17) is 5.26 Å². The summed E-state index contributed by atoms with van der Waals surface area (Å²) < 4.78 is 0. The van der Waals surface area contributed by atoms with Gasteiger partial charge in [-0.3, -0.25) is 4.79 Å². The molecule has 0 heterocycles. The van der Waals surface area contributed by atoms with Gasteiger partial charge in [-0.2, -0.15) is 5.26 Å². The number of nitrogens with zero attached hydrogens (tertiary/aromatic N) is 2. The molecule has 0 radical (unpaired) electrons. The Morgan fingerprint density at radius 2 is 2.00 bits per heavy atom. The molecule has 1 aromatic rings. The van der Waals surface area contributed by atoms with Crippen LogP contribution in [0.5, 0.6) is 0 Å². The standard InChI is InChI=1S/C15H20N2O/c1-4-5-14(10-16)15(18)17(3)11-13-8-6-12(2)7-9-13/h6-9,14H,4-5,11H2,1-3H3. The molecule has 96 valence electrons. The van der Waals surface area contributed by atoms with Crippen LogP contribution in [-0.4, -0.2) is 17.9 Å². The van der Waals surface area contributed by atoms with Crippen molar-refractivity contribution >= 4 is 5.91 Å². The van der Waals surface area contributed by atoms with Gasteiger partial charge in [0.2, 0.25) is 5.91 Å². The first-order chi connectivity index (χ1) is 8.58. The molecule has 0 aromatic heterocycles. The fourth-order valence-corrected chi connectivity index (χ4v) is 1.84. The summed E-state index contributed by atoms with van der Waals surface area (Å²) in [5.41, 5.74) is 2.29. The Hall–Kier alpha value is -1.82. The lowest BCUT2D eigenvalue weighted by Gasteiger charge is -2.20. The van der Waals surface area contributed by atoms with Gasteiger partial charge in [-0.15, -0.1) is 0 Å². The van der Waals surface area contributed by atoms with Gasteiger partial charge >= 0.3 is 0 Å². The Kier molecular flexibility index (Phi) is 5.38. The third kappa shape index (κ3) is 3.89. The summed E-state index contributed by atoms with van der Waals surface area (Å²) in [4.78, 5) is 13.7. The largest absolute Gasteiger partial charge is 0.340 e. The zero-order valence-electron chi connectivity index (χ0n) is 11.3. The maximum atomic E-state index is 12.0. The zero-order valence-corrected chi connectivity index (χ0v) is 11.3. The molecule has 0 saturated carbocycles. The maximum Gasteiger partial charge on any atom is 0.239 e. The van der Waals surface area contributed by atoms with Crippen molar-refractivity contribution in [2.24, 2.45) is 5.92 Å². The van der Waals surface area contributed by atoms with E-state index < -0.39 is 5.92 Å². The lowest BCUT2D eigenvalue weighted by atomic mass is 10.0. The van der Waals surface area contributed by atoms with E-state index in [-0.39, 0.29) is 5.91 Å². The molecule has 1 amide bonds. The molecule has 0 spiro atoms. The summed E-state index contributed by atoms with van der Waals surface area (Å²) in [5.74, 6) is -0.592. The molecule has 0 aliphatic rings. The van der Waals surface area contributed by atoms with E-state index in [1.54, 1.807) is 11.9 Å². The number of aryl methyl sites for hydroxylation is 1. The normalized spacial score (nSPS) is 11.7. The monoisotopic (exact) mass is 244 g/mol. The molecule has 0 aliphatic carbocycles. The number of benzene rings is 1. The van der Waals surface area contributed by atoms with Crippen LogP contribution in [0.15, 0.2) is 24.3 Å². The molecule has 3 heteroatoms. The summed E-state index contributed by atoms with van der Waals surface area (Å²) in [6.07, 6.45) is 1.48. The first-order valence-electron chi connectivity index (χ1n) is 6.28. The van der Waals surface area contributed by atoms with Gasteiger partial charge in [-0.1, -0.05) is 43.2 Å². The Labute approximate surface area is 109 Å². The minimum atomic E-state index is -0.509. The Bertz CT molecular complexity index is 431. The molecule has 0 saturated heterocycles. The van der Waals surface area contributed by atoms with Crippen molar-refractivity contribution in [3.05, 3.63) is 35.4 Å². The number of rotatable bonds is 5. The smallest absolute Gasteiger partial charge is 0.239 e. The van der Waals surface area contributed by atoms with Crippen LogP contribution < -0.4 is 0 Å². The predicted octanol–water partition coefficient (Wildman–Crippen LogP) is 2.89. The van der Waals surface area contributed by atoms with Crippen LogP contribution in [0.25, 0.3) is 0 Å². The van der Waals surface area contributed by atoms with Gasteiger partial charge < -0.3 is 4.90 Å². The van der Waals surface area contributed by atoms with E-state index in [0.717, 1.165) is 12.0 Å². The highest BCUT2D eigenvalue weighted by Crippen LogP contribution is 2.12. The summed E-state index contributed by atoms with van der Waals surface area (Å²) >= 11 is 0. The Morgan fingerprint density at radius 3 is 2.50 bits per heavy atom. The second-order valence-electron chi connectivity index (χ2n) is 4.65. The van der Waals surface area contributed by atoms with Gasteiger partial charge in [-0.05, 0) is 18.9 Å². The van der Waals surface area contributed by atoms with Crippen molar-refractivity contribution in [1.29, 1.82) is 5.26 Å². The molecule has 0 aliphatic heterocycles. The van der Waals surface area contributed by atoms with Crippen LogP contribution in [0.1, 0.15) is 30.9 Å². The van der Waals surface area contributed by atoms with Gasteiger partial charge in [0.25, 0.3) is 0 Å². The molecular weight excluding hydrogens is 224 g/mol. The molecule has 1 atom stereocenters. The third-order valence-electron chi connectivity index (χ3n) is 2.95. The van der Waals surface area contributed by atoms with E-state index in [9.17, 15) is 4.79 Å². The summed E-state index contributed by atoms with van der Waals surface area (Å²) in [6, 6.07) is 10.2. The van der Waals surface area contributed by atoms with Gasteiger partial charge in [0.1, 0.15) is 5.92 Å². The topological polar surface area (TPSA) is 44.1 Å². The molecule has 3 nitrogen and oxygen atoms in total. The lowest BCUT2D eigenvalue weighted by molar-refractivity contribution is -0.133. The van der Waals surface area contributed by atoms with Crippen molar-refractivity contribution in [2.75, 3.05) is 7.05 Å². The second kappa shape index (κ2) is 6.80. The summed E-state index contributed by atoms with van der Waals surface area (Å²) in [5, 5.41) is 8.98. The highest BCUT2D eigenvalue weighted by molar-refractivity contribution is 5.80. The molecule has 0 bridgehead atoms. The quantitative estimate of drug-likeness (QED) is 0.799. The highest BCUT2D eigenvalue weighted by Gasteiger charge is 2.20. The maximum absolute atomic E-state index is 12.0. The van der Waals surface area contributed by atoms with Gasteiger partial charge in [0.15, 0.2) is 0 Å². The number of hydrogen-bond acceptors (Lipinski definition) is 2. The number of hydrogen-bond donors (Lipinski definition) is 0. The number of nitriles is 1. The van der Waals surface area contributed by atoms with Crippen LogP contribution in [0.3, 0.4) is 0 Å². The predicted molar refractivity (Wildman–Crippen MR) is 71.7 cm³/mol. The minimum Gasteiger partial charge on any atom is -0.340 e. The van der Waals surface area contributed by atoms with E-state index in [1.807, 2.05) is 38.1 Å². The van der Waals surface area contributed by atoms with Gasteiger partial charge in [0, 0.05) is 13.6 Å². The fourth-order valence-electron chi connectivity index (χ4n) is 1.84. The van der Waals surface area contributed by atoms with Crippen LogP contribution in [0.4, 0.5) is 0 Å². The molecule has 1 unspecified atom stereocenters. The third-order valence-corrected chi connectivity index (χ3v) is 2.95. The molecular formula is C15H20N2O. The lowest BCUT2D eigenvalue weighted by Crippen LogP contribution is -2.31. The molecule has 1 aromatic carbocycles. The van der Waals surface area contributed by atoms with Crippen LogP contribution in [-0.2, 0) is 11.3 Å². The summed E-state index contributed by atoms with van der Waals surface area (Å²) in [7, 11) is 1.75. The SMILES string of the molecule is CCCC(C#N)C(=O)N(C)Cc1ccc(C)cc1. The average molecular weight is 244 g/mol. The van der Waals surface area contributed by atoms with Crippen molar-refractivity contribution in [3.63, 3.8) is 0 Å². The molecule has 18 heavy (non-hydrogen) atoms. The Balaban J connectivity index is 2.64. The number of amides is 1. The number of carbonyl (C=O) groups is 1. The first-order valence-corrected chi connectivity index (χ1v) is 6.28. The molecule has 1 rings (SSSR count). The van der Waals surface area contributed by atoms with Crippen molar-refractivity contribution in [2.45, 2.75) is 33.2 Å². The van der Waals surface area contributed by atoms with Crippen molar-refractivity contribution in [1.82, 2.24) is 4.90 Å². The molecule has 0 N–H and O–H groups in total. The van der Waals surface area contributed by atoms with Crippen molar-refractivity contribution in [3.8, 4) is 6.07 Å². The number of carbonyl (C=O) groups excluding carboxylic acids is 1. The minimum absolute atomic E-state index is 0.0834.